The van der Waals surface area contributed by atoms with Crippen LogP contribution >= 0.6 is 0 Å². The van der Waals surface area contributed by atoms with Crippen LogP contribution in [0.2, 0.25) is 0 Å². The van der Waals surface area contributed by atoms with Gasteiger partial charge in [-0.2, -0.15) is 5.10 Å². The third kappa shape index (κ3) is 2.97. The van der Waals surface area contributed by atoms with Crippen LogP contribution in [-0.4, -0.2) is 26.8 Å². The van der Waals surface area contributed by atoms with Crippen molar-refractivity contribution in [2.45, 2.75) is 26.7 Å². The van der Waals surface area contributed by atoms with E-state index in [-0.39, 0.29) is 5.91 Å². The molecule has 1 saturated carbocycles. The third-order valence-corrected chi connectivity index (χ3v) is 4.30. The molecule has 1 aliphatic rings. The summed E-state index contributed by atoms with van der Waals surface area (Å²) in [5.41, 5.74) is 3.45. The van der Waals surface area contributed by atoms with Gasteiger partial charge in [0.15, 0.2) is 0 Å². The van der Waals surface area contributed by atoms with Gasteiger partial charge in [-0.05, 0) is 49.9 Å². The molecule has 6 heteroatoms. The molecule has 1 aromatic heterocycles. The minimum Gasteiger partial charge on any atom is -0.481 e. The normalized spacial score (nSPS) is 19.9. The molecule has 23 heavy (non-hydrogen) atoms. The number of aromatic nitrogens is 2. The average Bonchev–Trinajstić information content (AvgIpc) is 2.83. The second kappa shape index (κ2) is 5.87. The molecule has 0 saturated heterocycles. The predicted octanol–water partition coefficient (Wildman–Crippen LogP) is 2.54. The predicted molar refractivity (Wildman–Crippen MR) is 85.5 cm³/mol. The number of hydrogen-bond acceptors (Lipinski definition) is 3. The lowest BCUT2D eigenvalue weighted by Crippen LogP contribution is -2.41. The van der Waals surface area contributed by atoms with Crippen LogP contribution in [0.3, 0.4) is 0 Å². The SMILES string of the molecule is Cc1ccc(-n2cc(C)cn2)c(NC(=O)C2CCC2C(=O)O)c1. The van der Waals surface area contributed by atoms with Crippen molar-refractivity contribution in [1.29, 1.82) is 0 Å². The molecular weight excluding hydrogens is 294 g/mol. The number of carboxylic acid groups (broad SMARTS) is 1. The van der Waals surface area contributed by atoms with Crippen LogP contribution < -0.4 is 5.32 Å². The summed E-state index contributed by atoms with van der Waals surface area (Å²) in [5, 5.41) is 16.3. The van der Waals surface area contributed by atoms with Crippen molar-refractivity contribution >= 4 is 17.6 Å². The molecule has 0 bridgehead atoms. The Balaban J connectivity index is 1.86. The standard InChI is InChI=1S/C17H19N3O3/c1-10-3-6-15(20-9-11(2)8-18-20)14(7-10)19-16(21)12-4-5-13(12)17(22)23/h3,6-9,12-13H,4-5H2,1-2H3,(H,19,21)(H,22,23). The fourth-order valence-electron chi connectivity index (χ4n) is 2.83. The van der Waals surface area contributed by atoms with Gasteiger partial charge in [-0.15, -0.1) is 0 Å². The first-order valence-corrected chi connectivity index (χ1v) is 7.61. The van der Waals surface area contributed by atoms with Crippen LogP contribution in [0, 0.1) is 25.7 Å². The number of rotatable bonds is 4. The molecule has 0 radical (unpaired) electrons. The van der Waals surface area contributed by atoms with Crippen molar-refractivity contribution in [2.75, 3.05) is 5.32 Å². The number of hydrogen-bond donors (Lipinski definition) is 2. The molecule has 2 aromatic rings. The Hall–Kier alpha value is -2.63. The maximum absolute atomic E-state index is 12.4. The molecule has 1 aliphatic carbocycles. The van der Waals surface area contributed by atoms with Gasteiger partial charge in [-0.3, -0.25) is 9.59 Å². The topological polar surface area (TPSA) is 84.2 Å². The number of nitrogens with one attached hydrogen (secondary N) is 1. The third-order valence-electron chi connectivity index (χ3n) is 4.30. The first-order valence-electron chi connectivity index (χ1n) is 7.61. The maximum atomic E-state index is 12.4. The van der Waals surface area contributed by atoms with E-state index in [9.17, 15) is 9.59 Å². The molecule has 1 heterocycles. The number of carbonyl (C=O) groups excluding carboxylic acids is 1. The molecular formula is C17H19N3O3. The zero-order valence-corrected chi connectivity index (χ0v) is 13.1. The molecule has 0 spiro atoms. The van der Waals surface area contributed by atoms with Gasteiger partial charge in [0.1, 0.15) is 0 Å². The molecule has 2 N–H and O–H groups in total. The van der Waals surface area contributed by atoms with E-state index in [4.69, 9.17) is 5.11 Å². The van der Waals surface area contributed by atoms with Crippen molar-refractivity contribution in [3.63, 3.8) is 0 Å². The van der Waals surface area contributed by atoms with Crippen molar-refractivity contribution in [3.05, 3.63) is 41.7 Å². The number of aliphatic carboxylic acids is 1. The fraction of sp³-hybridized carbons (Fsp3) is 0.353. The Morgan fingerprint density at radius 1 is 1.22 bits per heavy atom. The monoisotopic (exact) mass is 313 g/mol. The summed E-state index contributed by atoms with van der Waals surface area (Å²) in [6.07, 6.45) is 4.80. The van der Waals surface area contributed by atoms with Crippen LogP contribution in [0.15, 0.2) is 30.6 Å². The molecule has 6 nitrogen and oxygen atoms in total. The van der Waals surface area contributed by atoms with Crippen LogP contribution in [-0.2, 0) is 9.59 Å². The van der Waals surface area contributed by atoms with Crippen molar-refractivity contribution in [2.24, 2.45) is 11.8 Å². The Kier molecular flexibility index (Phi) is 3.90. The number of aryl methyl sites for hydroxylation is 2. The van der Waals surface area contributed by atoms with Crippen LogP contribution in [0.25, 0.3) is 5.69 Å². The summed E-state index contributed by atoms with van der Waals surface area (Å²) < 4.78 is 1.71. The number of nitrogens with zero attached hydrogens (tertiary/aromatic N) is 2. The van der Waals surface area contributed by atoms with Gasteiger partial charge in [-0.1, -0.05) is 6.07 Å². The highest BCUT2D eigenvalue weighted by Crippen LogP contribution is 2.36. The van der Waals surface area contributed by atoms with E-state index < -0.39 is 17.8 Å². The average molecular weight is 313 g/mol. The second-order valence-electron chi connectivity index (χ2n) is 6.10. The van der Waals surface area contributed by atoms with E-state index >= 15 is 0 Å². The molecule has 1 fully saturated rings. The van der Waals surface area contributed by atoms with E-state index in [0.717, 1.165) is 16.8 Å². The van der Waals surface area contributed by atoms with Crippen molar-refractivity contribution in [3.8, 4) is 5.69 Å². The smallest absolute Gasteiger partial charge is 0.307 e. The Morgan fingerprint density at radius 2 is 1.96 bits per heavy atom. The van der Waals surface area contributed by atoms with Gasteiger partial charge >= 0.3 is 5.97 Å². The lowest BCUT2D eigenvalue weighted by molar-refractivity contribution is -0.151. The van der Waals surface area contributed by atoms with Gasteiger partial charge in [-0.25, -0.2) is 4.68 Å². The highest BCUT2D eigenvalue weighted by molar-refractivity contribution is 5.97. The molecule has 120 valence electrons. The first kappa shape index (κ1) is 15.3. The van der Waals surface area contributed by atoms with Crippen LogP contribution in [0.1, 0.15) is 24.0 Å². The summed E-state index contributed by atoms with van der Waals surface area (Å²) in [5.74, 6) is -2.17. The first-order chi connectivity index (χ1) is 11.0. The summed E-state index contributed by atoms with van der Waals surface area (Å²) in [6, 6.07) is 5.72. The zero-order chi connectivity index (χ0) is 16.6. The van der Waals surface area contributed by atoms with Gasteiger partial charge in [0.05, 0.1) is 29.4 Å². The van der Waals surface area contributed by atoms with Gasteiger partial charge in [0.25, 0.3) is 0 Å². The largest absolute Gasteiger partial charge is 0.481 e. The summed E-state index contributed by atoms with van der Waals surface area (Å²) >= 11 is 0. The van der Waals surface area contributed by atoms with E-state index in [2.05, 4.69) is 10.4 Å². The molecule has 3 rings (SSSR count). The molecule has 1 amide bonds. The van der Waals surface area contributed by atoms with Crippen molar-refractivity contribution < 1.29 is 14.7 Å². The minimum atomic E-state index is -0.899. The van der Waals surface area contributed by atoms with Gasteiger partial charge < -0.3 is 10.4 Å². The van der Waals surface area contributed by atoms with Crippen molar-refractivity contribution in [1.82, 2.24) is 9.78 Å². The highest BCUT2D eigenvalue weighted by atomic mass is 16.4. The summed E-state index contributed by atoms with van der Waals surface area (Å²) in [7, 11) is 0. The molecule has 2 atom stereocenters. The number of carbonyl (C=O) groups is 2. The lowest BCUT2D eigenvalue weighted by atomic mass is 9.73. The number of amides is 1. The molecule has 2 unspecified atom stereocenters. The summed E-state index contributed by atoms with van der Waals surface area (Å²) in [6.45, 7) is 3.89. The minimum absolute atomic E-state index is 0.237. The Morgan fingerprint density at radius 3 is 2.52 bits per heavy atom. The van der Waals surface area contributed by atoms with E-state index in [0.29, 0.717) is 18.5 Å². The van der Waals surface area contributed by atoms with E-state index in [1.807, 2.05) is 38.2 Å². The fourth-order valence-corrected chi connectivity index (χ4v) is 2.83. The van der Waals surface area contributed by atoms with E-state index in [1.54, 1.807) is 10.9 Å². The number of carboxylic acids is 1. The van der Waals surface area contributed by atoms with Crippen LogP contribution in [0.4, 0.5) is 5.69 Å². The van der Waals surface area contributed by atoms with Gasteiger partial charge in [0, 0.05) is 6.20 Å². The summed E-state index contributed by atoms with van der Waals surface area (Å²) in [4.78, 5) is 23.5. The number of anilines is 1. The zero-order valence-electron chi connectivity index (χ0n) is 13.1. The molecule has 1 aromatic carbocycles. The highest BCUT2D eigenvalue weighted by Gasteiger charge is 2.41. The second-order valence-corrected chi connectivity index (χ2v) is 6.10. The Labute approximate surface area is 134 Å². The lowest BCUT2D eigenvalue weighted by Gasteiger charge is -2.32. The maximum Gasteiger partial charge on any atom is 0.307 e. The van der Waals surface area contributed by atoms with Crippen LogP contribution in [0.5, 0.6) is 0 Å². The quantitative estimate of drug-likeness (QED) is 0.908. The Bertz CT molecular complexity index is 766. The number of benzene rings is 1. The van der Waals surface area contributed by atoms with Gasteiger partial charge in [0.2, 0.25) is 5.91 Å². The van der Waals surface area contributed by atoms with E-state index in [1.165, 1.54) is 0 Å². The molecule has 0 aliphatic heterocycles.